The molecule has 0 aliphatic carbocycles. The van der Waals surface area contributed by atoms with E-state index >= 15 is 0 Å². The number of hydrogen-bond acceptors (Lipinski definition) is 9. The Labute approximate surface area is 213 Å². The molecule has 1 aliphatic heterocycles. The zero-order valence-corrected chi connectivity index (χ0v) is 21.0. The summed E-state index contributed by atoms with van der Waals surface area (Å²) in [5.41, 5.74) is 8.90. The van der Waals surface area contributed by atoms with Crippen LogP contribution >= 0.6 is 0 Å². The number of anilines is 2. The van der Waals surface area contributed by atoms with E-state index in [9.17, 15) is 12.8 Å². The number of H-pyrrole nitrogens is 1. The zero-order chi connectivity index (χ0) is 26.2. The van der Waals surface area contributed by atoms with Crippen molar-refractivity contribution in [2.75, 3.05) is 37.5 Å². The lowest BCUT2D eigenvalue weighted by molar-refractivity contribution is 0.415. The third-order valence-corrected chi connectivity index (χ3v) is 7.33. The molecule has 3 aromatic heterocycles. The number of halogens is 1. The first-order chi connectivity index (χ1) is 17.7. The van der Waals surface area contributed by atoms with Gasteiger partial charge in [-0.05, 0) is 42.8 Å². The zero-order valence-electron chi connectivity index (χ0n) is 20.1. The second-order valence-corrected chi connectivity index (χ2v) is 10.6. The number of sulfonamides is 1. The minimum absolute atomic E-state index is 0.121. The van der Waals surface area contributed by atoms with E-state index < -0.39 is 10.0 Å². The molecular weight excluding hydrogens is 499 g/mol. The molecule has 1 aromatic carbocycles. The first-order valence-electron chi connectivity index (χ1n) is 11.4. The first kappa shape index (κ1) is 24.6. The third kappa shape index (κ3) is 5.22. The average molecular weight is 525 g/mol. The van der Waals surface area contributed by atoms with Gasteiger partial charge in [0.05, 0.1) is 24.8 Å². The number of pyridine rings is 1. The summed E-state index contributed by atoms with van der Waals surface area (Å²) in [6.07, 6.45) is 5.04. The molecule has 5 rings (SSSR count). The van der Waals surface area contributed by atoms with Crippen molar-refractivity contribution in [2.45, 2.75) is 12.5 Å². The van der Waals surface area contributed by atoms with Crippen molar-refractivity contribution in [3.05, 3.63) is 54.6 Å². The Kier molecular flexibility index (Phi) is 6.48. The van der Waals surface area contributed by atoms with Crippen LogP contribution in [0.25, 0.3) is 34.0 Å². The van der Waals surface area contributed by atoms with Gasteiger partial charge in [0.1, 0.15) is 17.3 Å². The largest absolute Gasteiger partial charge is 0.493 e. The van der Waals surface area contributed by atoms with Crippen LogP contribution in [0.5, 0.6) is 5.75 Å². The van der Waals surface area contributed by atoms with Crippen LogP contribution in [-0.4, -0.2) is 70.1 Å². The number of aromatic nitrogens is 5. The number of rotatable bonds is 7. The molecule has 1 aliphatic rings. The van der Waals surface area contributed by atoms with Crippen molar-refractivity contribution in [3.8, 4) is 39.8 Å². The molecule has 192 valence electrons. The first-order valence-corrected chi connectivity index (χ1v) is 13.3. The minimum Gasteiger partial charge on any atom is -0.493 e. The molecule has 0 saturated carbocycles. The number of ether oxygens (including phenoxy) is 1. The van der Waals surface area contributed by atoms with Gasteiger partial charge in [-0.1, -0.05) is 0 Å². The predicted octanol–water partition coefficient (Wildman–Crippen LogP) is 2.77. The summed E-state index contributed by atoms with van der Waals surface area (Å²) < 4.78 is 44.0. The summed E-state index contributed by atoms with van der Waals surface area (Å²) in [6, 6.07) is 9.32. The Morgan fingerprint density at radius 3 is 2.65 bits per heavy atom. The van der Waals surface area contributed by atoms with Gasteiger partial charge in [-0.15, -0.1) is 0 Å². The smallest absolute Gasteiger partial charge is 0.223 e. The van der Waals surface area contributed by atoms with Gasteiger partial charge in [0, 0.05) is 42.7 Å². The van der Waals surface area contributed by atoms with E-state index in [-0.39, 0.29) is 17.7 Å². The Morgan fingerprint density at radius 1 is 1.16 bits per heavy atom. The SMILES string of the molecule is COc1cc(-c2[nH]c(-c3ccc(F)cc3)nc2-c2ccnc(N[C@@H]3CCN(S(C)(=O)=O)C3)n2)cnc1N. The number of imidazole rings is 1. The van der Waals surface area contributed by atoms with Crippen LogP contribution in [0.2, 0.25) is 0 Å². The molecule has 1 fully saturated rings. The normalized spacial score (nSPS) is 16.1. The fourth-order valence-electron chi connectivity index (χ4n) is 4.16. The van der Waals surface area contributed by atoms with Gasteiger partial charge in [-0.25, -0.2) is 37.0 Å². The van der Waals surface area contributed by atoms with Crippen molar-refractivity contribution >= 4 is 21.8 Å². The number of benzene rings is 1. The lowest BCUT2D eigenvalue weighted by Gasteiger charge is -2.14. The van der Waals surface area contributed by atoms with Gasteiger partial charge in [0.2, 0.25) is 16.0 Å². The summed E-state index contributed by atoms with van der Waals surface area (Å²) in [5.74, 6) is 1.16. The molecular formula is C24H25FN8O3S. The van der Waals surface area contributed by atoms with Crippen molar-refractivity contribution < 1.29 is 17.5 Å². The molecule has 1 saturated heterocycles. The number of aromatic amines is 1. The maximum atomic E-state index is 13.5. The number of nitrogens with two attached hydrogens (primary N) is 1. The maximum Gasteiger partial charge on any atom is 0.223 e. The monoisotopic (exact) mass is 524 g/mol. The highest BCUT2D eigenvalue weighted by atomic mass is 32.2. The van der Waals surface area contributed by atoms with Crippen LogP contribution in [0.1, 0.15) is 6.42 Å². The van der Waals surface area contributed by atoms with Crippen LogP contribution in [-0.2, 0) is 10.0 Å². The van der Waals surface area contributed by atoms with Gasteiger partial charge in [-0.2, -0.15) is 0 Å². The highest BCUT2D eigenvalue weighted by Crippen LogP contribution is 2.34. The van der Waals surface area contributed by atoms with E-state index in [2.05, 4.69) is 25.3 Å². The van der Waals surface area contributed by atoms with Gasteiger partial charge < -0.3 is 20.8 Å². The Hall–Kier alpha value is -4.10. The van der Waals surface area contributed by atoms with Crippen LogP contribution in [0.3, 0.4) is 0 Å². The number of hydrogen-bond donors (Lipinski definition) is 3. The van der Waals surface area contributed by atoms with Crippen molar-refractivity contribution in [3.63, 3.8) is 0 Å². The van der Waals surface area contributed by atoms with E-state index in [1.807, 2.05) is 0 Å². The minimum atomic E-state index is -3.26. The highest BCUT2D eigenvalue weighted by molar-refractivity contribution is 7.88. The number of nitrogens with zero attached hydrogens (tertiary/aromatic N) is 5. The van der Waals surface area contributed by atoms with Gasteiger partial charge in [-0.3, -0.25) is 0 Å². The molecule has 0 spiro atoms. The standard InChI is InChI=1S/C24H25FN8O3S/c1-36-19-11-15(12-28-22(19)26)20-21(32-23(31-20)14-3-5-16(25)6-4-14)18-7-9-27-24(30-18)29-17-8-10-33(13-17)37(2,34)35/h3-7,9,11-12,17H,8,10,13H2,1-2H3,(H2,26,28)(H,31,32)(H,27,29,30)/t17-/m1/s1. The summed E-state index contributed by atoms with van der Waals surface area (Å²) >= 11 is 0. The molecule has 0 unspecified atom stereocenters. The lowest BCUT2D eigenvalue weighted by atomic mass is 10.1. The summed E-state index contributed by atoms with van der Waals surface area (Å²) in [5, 5.41) is 3.23. The second kappa shape index (κ2) is 9.75. The number of nitrogens with one attached hydrogen (secondary N) is 2. The predicted molar refractivity (Wildman–Crippen MR) is 138 cm³/mol. The van der Waals surface area contributed by atoms with E-state index in [0.29, 0.717) is 65.2 Å². The summed E-state index contributed by atoms with van der Waals surface area (Å²) in [4.78, 5) is 21.3. The van der Waals surface area contributed by atoms with Crippen LogP contribution in [0.4, 0.5) is 16.2 Å². The quantitative estimate of drug-likeness (QED) is 0.331. The molecule has 37 heavy (non-hydrogen) atoms. The topological polar surface area (TPSA) is 152 Å². The van der Waals surface area contributed by atoms with Crippen LogP contribution in [0, 0.1) is 5.82 Å². The molecule has 0 radical (unpaired) electrons. The maximum absolute atomic E-state index is 13.5. The molecule has 4 aromatic rings. The number of nitrogen functional groups attached to an aromatic ring is 1. The third-order valence-electron chi connectivity index (χ3n) is 6.06. The van der Waals surface area contributed by atoms with Gasteiger partial charge in [0.15, 0.2) is 11.6 Å². The Bertz CT molecular complexity index is 1540. The van der Waals surface area contributed by atoms with E-state index in [1.54, 1.807) is 36.7 Å². The van der Waals surface area contributed by atoms with E-state index in [0.717, 1.165) is 0 Å². The van der Waals surface area contributed by atoms with E-state index in [1.165, 1.54) is 29.8 Å². The summed E-state index contributed by atoms with van der Waals surface area (Å²) in [6.45, 7) is 0.776. The fourth-order valence-corrected chi connectivity index (χ4v) is 5.05. The molecule has 0 bridgehead atoms. The molecule has 4 N–H and O–H groups in total. The molecule has 0 amide bonds. The van der Waals surface area contributed by atoms with Crippen LogP contribution < -0.4 is 15.8 Å². The Balaban J connectivity index is 1.53. The van der Waals surface area contributed by atoms with Gasteiger partial charge in [0.25, 0.3) is 0 Å². The van der Waals surface area contributed by atoms with Gasteiger partial charge >= 0.3 is 0 Å². The molecule has 4 heterocycles. The van der Waals surface area contributed by atoms with Crippen LogP contribution in [0.15, 0.2) is 48.8 Å². The van der Waals surface area contributed by atoms with E-state index in [4.69, 9.17) is 15.5 Å². The molecule has 13 heteroatoms. The molecule has 11 nitrogen and oxygen atoms in total. The summed E-state index contributed by atoms with van der Waals surface area (Å²) in [7, 11) is -1.76. The van der Waals surface area contributed by atoms with Crippen molar-refractivity contribution in [1.82, 2.24) is 29.2 Å². The highest BCUT2D eigenvalue weighted by Gasteiger charge is 2.29. The lowest BCUT2D eigenvalue weighted by Crippen LogP contribution is -2.31. The Morgan fingerprint density at radius 2 is 1.95 bits per heavy atom. The van der Waals surface area contributed by atoms with Crippen molar-refractivity contribution in [1.29, 1.82) is 0 Å². The average Bonchev–Trinajstić information content (AvgIpc) is 3.53. The fraction of sp³-hybridized carbons (Fsp3) is 0.250. The molecule has 1 atom stereocenters. The van der Waals surface area contributed by atoms with Crippen molar-refractivity contribution in [2.24, 2.45) is 0 Å². The second-order valence-electron chi connectivity index (χ2n) is 8.64. The number of methoxy groups -OCH3 is 1.